The number of fused-ring (bicyclic) bond motifs is 1. The predicted molar refractivity (Wildman–Crippen MR) is 101 cm³/mol. The van der Waals surface area contributed by atoms with E-state index in [0.29, 0.717) is 0 Å². The van der Waals surface area contributed by atoms with Gasteiger partial charge in [-0.1, -0.05) is 34.1 Å². The molecule has 0 spiro atoms. The summed E-state index contributed by atoms with van der Waals surface area (Å²) in [4.78, 5) is 12.1. The number of rotatable bonds is 4. The number of amides is 1. The van der Waals surface area contributed by atoms with E-state index < -0.39 is 0 Å². The molecule has 124 valence electrons. The normalized spacial score (nSPS) is 16.5. The van der Waals surface area contributed by atoms with Crippen molar-refractivity contribution in [1.29, 1.82) is 0 Å². The highest BCUT2D eigenvalue weighted by atomic mass is 79.9. The van der Waals surface area contributed by atoms with Crippen LogP contribution < -0.4 is 10.6 Å². The van der Waals surface area contributed by atoms with Crippen LogP contribution in [0, 0.1) is 5.92 Å². The number of hydrogen-bond acceptors (Lipinski definition) is 3. The average molecular weight is 387 g/mol. The molecule has 1 atom stereocenters. The van der Waals surface area contributed by atoms with Crippen molar-refractivity contribution in [3.63, 3.8) is 0 Å². The third kappa shape index (κ3) is 4.24. The second kappa shape index (κ2) is 7.64. The topological polar surface area (TPSA) is 61.4 Å². The second-order valence-corrected chi connectivity index (χ2v) is 6.80. The van der Waals surface area contributed by atoms with Gasteiger partial charge in [0.15, 0.2) is 0 Å². The molecule has 0 aromatic heterocycles. The second-order valence-electron chi connectivity index (χ2n) is 5.88. The number of aliphatic hydroxyl groups is 1. The molecule has 0 fully saturated rings. The minimum Gasteiger partial charge on any atom is -0.396 e. The molecule has 1 unspecified atom stereocenters. The van der Waals surface area contributed by atoms with E-state index in [4.69, 9.17) is 0 Å². The first-order valence-electron chi connectivity index (χ1n) is 7.86. The molecule has 5 heteroatoms. The number of hydrogen-bond donors (Lipinski definition) is 3. The maximum absolute atomic E-state index is 12.1. The van der Waals surface area contributed by atoms with Gasteiger partial charge in [0, 0.05) is 41.0 Å². The zero-order valence-corrected chi connectivity index (χ0v) is 14.7. The van der Waals surface area contributed by atoms with E-state index in [1.165, 1.54) is 11.6 Å². The fraction of sp³-hybridized carbons (Fsp3) is 0.211. The summed E-state index contributed by atoms with van der Waals surface area (Å²) >= 11 is 3.38. The Morgan fingerprint density at radius 3 is 2.83 bits per heavy atom. The molecule has 0 bridgehead atoms. The molecule has 1 aliphatic rings. The van der Waals surface area contributed by atoms with Gasteiger partial charge >= 0.3 is 0 Å². The Labute approximate surface area is 149 Å². The highest BCUT2D eigenvalue weighted by Crippen LogP contribution is 2.27. The average Bonchev–Trinajstić information content (AvgIpc) is 2.61. The van der Waals surface area contributed by atoms with E-state index in [0.717, 1.165) is 34.4 Å². The van der Waals surface area contributed by atoms with Gasteiger partial charge in [-0.25, -0.2) is 0 Å². The van der Waals surface area contributed by atoms with Crippen molar-refractivity contribution >= 4 is 39.3 Å². The van der Waals surface area contributed by atoms with E-state index in [9.17, 15) is 9.90 Å². The SMILES string of the molecule is O=C(/C=C/c1ccc(Br)cc1)Nc1ccc2c(c1)NCC(CO)C2. The largest absolute Gasteiger partial charge is 0.396 e. The maximum atomic E-state index is 12.1. The van der Waals surface area contributed by atoms with Crippen molar-refractivity contribution < 1.29 is 9.90 Å². The first kappa shape index (κ1) is 16.7. The van der Waals surface area contributed by atoms with Crippen molar-refractivity contribution in [1.82, 2.24) is 0 Å². The van der Waals surface area contributed by atoms with Gasteiger partial charge in [0.25, 0.3) is 0 Å². The first-order valence-corrected chi connectivity index (χ1v) is 8.65. The van der Waals surface area contributed by atoms with Crippen LogP contribution in [0.4, 0.5) is 11.4 Å². The van der Waals surface area contributed by atoms with Crippen molar-refractivity contribution in [3.8, 4) is 0 Å². The molecule has 0 aliphatic carbocycles. The summed E-state index contributed by atoms with van der Waals surface area (Å²) in [5.74, 6) is 0.0914. The van der Waals surface area contributed by atoms with Gasteiger partial charge in [-0.3, -0.25) is 4.79 Å². The highest BCUT2D eigenvalue weighted by molar-refractivity contribution is 9.10. The molecular formula is C19H19BrN2O2. The number of carbonyl (C=O) groups is 1. The molecule has 4 nitrogen and oxygen atoms in total. The first-order chi connectivity index (χ1) is 11.6. The summed E-state index contributed by atoms with van der Waals surface area (Å²) in [6, 6.07) is 13.6. The fourth-order valence-electron chi connectivity index (χ4n) is 2.69. The van der Waals surface area contributed by atoms with E-state index in [-0.39, 0.29) is 18.4 Å². The van der Waals surface area contributed by atoms with Crippen LogP contribution in [0.2, 0.25) is 0 Å². The molecule has 0 radical (unpaired) electrons. The summed E-state index contributed by atoms with van der Waals surface area (Å²) in [6.07, 6.45) is 4.17. The minimum absolute atomic E-state index is 0.165. The van der Waals surface area contributed by atoms with Gasteiger partial charge in [0.05, 0.1) is 0 Å². The monoisotopic (exact) mass is 386 g/mol. The number of nitrogens with one attached hydrogen (secondary N) is 2. The van der Waals surface area contributed by atoms with Crippen LogP contribution in [0.15, 0.2) is 53.0 Å². The molecule has 3 rings (SSSR count). The van der Waals surface area contributed by atoms with Crippen molar-refractivity contribution in [2.75, 3.05) is 23.8 Å². The molecule has 0 saturated heterocycles. The smallest absolute Gasteiger partial charge is 0.248 e. The van der Waals surface area contributed by atoms with Crippen LogP contribution in [0.25, 0.3) is 6.08 Å². The lowest BCUT2D eigenvalue weighted by atomic mass is 9.94. The number of benzene rings is 2. The third-order valence-electron chi connectivity index (χ3n) is 4.02. The standard InChI is InChI=1S/C19H19BrN2O2/c20-16-5-1-13(2-6-16)3-8-19(24)22-17-7-4-15-9-14(12-23)11-21-18(15)10-17/h1-8,10,14,21,23H,9,11-12H2,(H,22,24)/b8-3+. The van der Waals surface area contributed by atoms with Crippen molar-refractivity contribution in [3.05, 3.63) is 64.1 Å². The number of anilines is 2. The zero-order valence-electron chi connectivity index (χ0n) is 13.1. The number of carbonyl (C=O) groups excluding carboxylic acids is 1. The van der Waals surface area contributed by atoms with Gasteiger partial charge in [-0.2, -0.15) is 0 Å². The summed E-state index contributed by atoms with van der Waals surface area (Å²) in [5, 5.41) is 15.4. The Kier molecular flexibility index (Phi) is 5.33. The molecule has 24 heavy (non-hydrogen) atoms. The van der Waals surface area contributed by atoms with Crippen molar-refractivity contribution in [2.45, 2.75) is 6.42 Å². The number of aliphatic hydroxyl groups excluding tert-OH is 1. The van der Waals surface area contributed by atoms with Gasteiger partial charge in [-0.05, 0) is 47.9 Å². The Hall–Kier alpha value is -2.11. The quantitative estimate of drug-likeness (QED) is 0.702. The van der Waals surface area contributed by atoms with E-state index in [1.54, 1.807) is 6.08 Å². The summed E-state index contributed by atoms with van der Waals surface area (Å²) < 4.78 is 1.01. The van der Waals surface area contributed by atoms with Crippen LogP contribution in [-0.2, 0) is 11.2 Å². The van der Waals surface area contributed by atoms with Gasteiger partial charge in [0.2, 0.25) is 5.91 Å². The van der Waals surface area contributed by atoms with Crippen LogP contribution in [0.5, 0.6) is 0 Å². The highest BCUT2D eigenvalue weighted by Gasteiger charge is 2.17. The summed E-state index contributed by atoms with van der Waals surface area (Å²) in [6.45, 7) is 0.941. The van der Waals surface area contributed by atoms with E-state index in [2.05, 4.69) is 26.6 Å². The van der Waals surface area contributed by atoms with Crippen molar-refractivity contribution in [2.24, 2.45) is 5.92 Å². The molecule has 1 amide bonds. The van der Waals surface area contributed by atoms with Crippen LogP contribution in [-0.4, -0.2) is 24.2 Å². The fourth-order valence-corrected chi connectivity index (χ4v) is 2.96. The van der Waals surface area contributed by atoms with E-state index in [1.807, 2.05) is 42.5 Å². The molecule has 2 aromatic rings. The summed E-state index contributed by atoms with van der Waals surface area (Å²) in [7, 11) is 0. The van der Waals surface area contributed by atoms with Crippen LogP contribution in [0.1, 0.15) is 11.1 Å². The zero-order chi connectivity index (χ0) is 16.9. The minimum atomic E-state index is -0.165. The predicted octanol–water partition coefficient (Wildman–Crippen LogP) is 3.68. The molecule has 3 N–H and O–H groups in total. The summed E-state index contributed by atoms with van der Waals surface area (Å²) in [5.41, 5.74) is 3.92. The Morgan fingerprint density at radius 1 is 1.29 bits per heavy atom. The van der Waals surface area contributed by atoms with E-state index >= 15 is 0 Å². The number of halogens is 1. The Balaban J connectivity index is 1.63. The van der Waals surface area contributed by atoms with Gasteiger partial charge < -0.3 is 15.7 Å². The maximum Gasteiger partial charge on any atom is 0.248 e. The van der Waals surface area contributed by atoms with Crippen LogP contribution >= 0.6 is 15.9 Å². The molecule has 0 saturated carbocycles. The third-order valence-corrected chi connectivity index (χ3v) is 4.55. The molecule has 1 heterocycles. The van der Waals surface area contributed by atoms with Gasteiger partial charge in [-0.15, -0.1) is 0 Å². The van der Waals surface area contributed by atoms with Gasteiger partial charge in [0.1, 0.15) is 0 Å². The van der Waals surface area contributed by atoms with Crippen LogP contribution in [0.3, 0.4) is 0 Å². The molecular weight excluding hydrogens is 368 g/mol. The lowest BCUT2D eigenvalue weighted by Crippen LogP contribution is -2.25. The Bertz CT molecular complexity index is 756. The molecule has 1 aliphatic heterocycles. The lowest BCUT2D eigenvalue weighted by molar-refractivity contribution is -0.111. The Morgan fingerprint density at radius 2 is 2.08 bits per heavy atom. The molecule has 2 aromatic carbocycles. The lowest BCUT2D eigenvalue weighted by Gasteiger charge is -2.25.